The highest BCUT2D eigenvalue weighted by Crippen LogP contribution is 2.24. The van der Waals surface area contributed by atoms with E-state index >= 15 is 0 Å². The number of hydrogen-bond donors (Lipinski definition) is 0. The molecule has 0 aromatic heterocycles. The van der Waals surface area contributed by atoms with Crippen LogP contribution in [0, 0.1) is 0 Å². The monoisotopic (exact) mass is 268 g/mol. The minimum atomic E-state index is -0.459. The van der Waals surface area contributed by atoms with E-state index in [0.717, 1.165) is 12.7 Å². The third kappa shape index (κ3) is 4.19. The lowest BCUT2D eigenvalue weighted by molar-refractivity contribution is 0.321. The topological polar surface area (TPSA) is 9.23 Å². The average molecular weight is 268 g/mol. The van der Waals surface area contributed by atoms with E-state index in [2.05, 4.69) is 67.2 Å². The van der Waals surface area contributed by atoms with E-state index in [9.17, 15) is 0 Å². The third-order valence-electron chi connectivity index (χ3n) is 3.15. The van der Waals surface area contributed by atoms with Gasteiger partial charge in [0.15, 0.2) is 9.76 Å². The maximum atomic E-state index is 5.91. The molecule has 0 amide bonds. The van der Waals surface area contributed by atoms with E-state index in [4.69, 9.17) is 4.43 Å². The molecule has 0 aliphatic rings. The number of allylic oxidation sites excluding steroid dienone is 1. The van der Waals surface area contributed by atoms with Crippen LogP contribution in [0.25, 0.3) is 0 Å². The third-order valence-corrected chi connectivity index (χ3v) is 4.32. The van der Waals surface area contributed by atoms with E-state index in [1.54, 1.807) is 0 Å². The minimum absolute atomic E-state index is 0.333. The quantitative estimate of drug-likeness (QED) is 0.424. The molecule has 2 heteroatoms. The number of hydrogen-bond acceptors (Lipinski definition) is 1. The van der Waals surface area contributed by atoms with Gasteiger partial charge in [0, 0.05) is 12.5 Å². The Morgan fingerprint density at radius 2 is 1.47 bits per heavy atom. The summed E-state index contributed by atoms with van der Waals surface area (Å²) in [5.74, 6) is 0.333. The Kier molecular flexibility index (Phi) is 5.60. The fourth-order valence-electron chi connectivity index (χ4n) is 2.12. The highest BCUT2D eigenvalue weighted by atomic mass is 28.2. The molecule has 0 radical (unpaired) electrons. The van der Waals surface area contributed by atoms with Crippen LogP contribution in [-0.2, 0) is 4.43 Å². The van der Waals surface area contributed by atoms with Crippen LogP contribution in [0.1, 0.15) is 17.0 Å². The minimum Gasteiger partial charge on any atom is -0.423 e. The summed E-state index contributed by atoms with van der Waals surface area (Å²) in [6, 6.07) is 22.2. The molecule has 0 spiro atoms. The Balaban J connectivity index is 2.12. The first kappa shape index (κ1) is 13.8. The molecule has 0 fully saturated rings. The molecule has 0 saturated heterocycles. The van der Waals surface area contributed by atoms with Gasteiger partial charge < -0.3 is 4.43 Å². The summed E-state index contributed by atoms with van der Waals surface area (Å²) in [5.41, 5.74) is 2.64. The smallest absolute Gasteiger partial charge is 0.165 e. The fourth-order valence-corrected chi connectivity index (χ4v) is 2.86. The zero-order valence-corrected chi connectivity index (χ0v) is 12.6. The zero-order valence-electron chi connectivity index (χ0n) is 11.2. The first-order valence-electron chi connectivity index (χ1n) is 6.70. The van der Waals surface area contributed by atoms with Crippen LogP contribution >= 0.6 is 0 Å². The van der Waals surface area contributed by atoms with Gasteiger partial charge in [-0.15, -0.1) is 6.58 Å². The average Bonchev–Trinajstić information content (AvgIpc) is 2.49. The van der Waals surface area contributed by atoms with Gasteiger partial charge in [0.2, 0.25) is 0 Å². The molecular weight excluding hydrogens is 248 g/mol. The largest absolute Gasteiger partial charge is 0.423 e. The number of benzene rings is 2. The second-order valence-corrected chi connectivity index (χ2v) is 5.92. The summed E-state index contributed by atoms with van der Waals surface area (Å²) >= 11 is 0. The van der Waals surface area contributed by atoms with Gasteiger partial charge in [-0.25, -0.2) is 0 Å². The fraction of sp³-hybridized carbons (Fsp3) is 0.176. The number of rotatable bonds is 7. The van der Waals surface area contributed by atoms with Crippen molar-refractivity contribution >= 4 is 9.76 Å². The van der Waals surface area contributed by atoms with Crippen molar-refractivity contribution in [2.45, 2.75) is 12.0 Å². The molecule has 1 nitrogen and oxygen atoms in total. The van der Waals surface area contributed by atoms with Crippen molar-refractivity contribution in [1.82, 2.24) is 0 Å². The molecule has 0 heterocycles. The normalized spacial score (nSPS) is 11.2. The Morgan fingerprint density at radius 1 is 0.947 bits per heavy atom. The Labute approximate surface area is 117 Å². The second-order valence-electron chi connectivity index (χ2n) is 4.53. The van der Waals surface area contributed by atoms with Crippen LogP contribution in [0.2, 0.25) is 6.04 Å². The van der Waals surface area contributed by atoms with Crippen LogP contribution in [0.15, 0.2) is 73.3 Å². The Hall–Kier alpha value is -1.64. The van der Waals surface area contributed by atoms with Crippen molar-refractivity contribution < 1.29 is 4.43 Å². The SMILES string of the molecule is C=CC[SiH2]OCC(c1ccccc1)c1ccccc1. The molecule has 2 aromatic rings. The highest BCUT2D eigenvalue weighted by molar-refractivity contribution is 6.27. The van der Waals surface area contributed by atoms with Gasteiger partial charge >= 0.3 is 0 Å². The van der Waals surface area contributed by atoms with Gasteiger partial charge in [0.1, 0.15) is 0 Å². The predicted octanol–water partition coefficient (Wildman–Crippen LogP) is 3.52. The molecule has 0 unspecified atom stereocenters. The molecule has 2 rings (SSSR count). The molecule has 98 valence electrons. The van der Waals surface area contributed by atoms with Crippen LogP contribution < -0.4 is 0 Å². The first-order valence-corrected chi connectivity index (χ1v) is 8.28. The standard InChI is InChI=1S/C17H20OSi/c1-2-13-19-18-14-17(15-9-5-3-6-10-15)16-11-7-4-8-12-16/h2-12,17H,1,13-14,19H2. The molecule has 0 saturated carbocycles. The van der Waals surface area contributed by atoms with Crippen molar-refractivity contribution in [3.05, 3.63) is 84.4 Å². The van der Waals surface area contributed by atoms with Gasteiger partial charge in [-0.2, -0.15) is 0 Å². The van der Waals surface area contributed by atoms with Crippen LogP contribution in [0.5, 0.6) is 0 Å². The molecular formula is C17H20OSi. The van der Waals surface area contributed by atoms with E-state index in [0.29, 0.717) is 5.92 Å². The summed E-state index contributed by atoms with van der Waals surface area (Å²) in [7, 11) is -0.459. The Morgan fingerprint density at radius 3 is 1.95 bits per heavy atom. The molecule has 0 atom stereocenters. The van der Waals surface area contributed by atoms with E-state index in [1.165, 1.54) is 11.1 Å². The lowest BCUT2D eigenvalue weighted by Gasteiger charge is -2.18. The van der Waals surface area contributed by atoms with Crippen molar-refractivity contribution in [3.8, 4) is 0 Å². The molecule has 0 aliphatic carbocycles. The summed E-state index contributed by atoms with van der Waals surface area (Å²) in [4.78, 5) is 0. The lowest BCUT2D eigenvalue weighted by atomic mass is 9.92. The maximum Gasteiger partial charge on any atom is 0.165 e. The van der Waals surface area contributed by atoms with Crippen molar-refractivity contribution in [1.29, 1.82) is 0 Å². The van der Waals surface area contributed by atoms with Crippen LogP contribution in [0.4, 0.5) is 0 Å². The predicted molar refractivity (Wildman–Crippen MR) is 84.2 cm³/mol. The Bertz CT molecular complexity index is 442. The van der Waals surface area contributed by atoms with Gasteiger partial charge in [0.05, 0.1) is 0 Å². The molecule has 19 heavy (non-hydrogen) atoms. The van der Waals surface area contributed by atoms with E-state index in [1.807, 2.05) is 6.08 Å². The van der Waals surface area contributed by atoms with Gasteiger partial charge in [-0.05, 0) is 17.2 Å². The van der Waals surface area contributed by atoms with E-state index in [-0.39, 0.29) is 0 Å². The van der Waals surface area contributed by atoms with Crippen LogP contribution in [-0.4, -0.2) is 16.4 Å². The second kappa shape index (κ2) is 7.72. The first-order chi connectivity index (χ1) is 9.42. The van der Waals surface area contributed by atoms with Gasteiger partial charge in [-0.3, -0.25) is 0 Å². The molecule has 0 bridgehead atoms. The lowest BCUT2D eigenvalue weighted by Crippen LogP contribution is -2.11. The van der Waals surface area contributed by atoms with E-state index < -0.39 is 9.76 Å². The summed E-state index contributed by atoms with van der Waals surface area (Å²) in [6.07, 6.45) is 1.95. The van der Waals surface area contributed by atoms with Crippen molar-refractivity contribution in [2.75, 3.05) is 6.61 Å². The van der Waals surface area contributed by atoms with Gasteiger partial charge in [0.25, 0.3) is 0 Å². The summed E-state index contributed by atoms with van der Waals surface area (Å²) in [6.45, 7) is 4.52. The highest BCUT2D eigenvalue weighted by Gasteiger charge is 2.13. The summed E-state index contributed by atoms with van der Waals surface area (Å²) < 4.78 is 5.91. The molecule has 0 N–H and O–H groups in total. The van der Waals surface area contributed by atoms with Gasteiger partial charge in [-0.1, -0.05) is 66.7 Å². The zero-order chi connectivity index (χ0) is 13.3. The maximum absolute atomic E-state index is 5.91. The van der Waals surface area contributed by atoms with Crippen molar-refractivity contribution in [3.63, 3.8) is 0 Å². The van der Waals surface area contributed by atoms with Crippen LogP contribution in [0.3, 0.4) is 0 Å². The summed E-state index contributed by atoms with van der Waals surface area (Å²) in [5, 5.41) is 0. The molecule has 2 aromatic carbocycles. The molecule has 0 aliphatic heterocycles. The van der Waals surface area contributed by atoms with Crippen molar-refractivity contribution in [2.24, 2.45) is 0 Å².